The van der Waals surface area contributed by atoms with Crippen molar-refractivity contribution in [3.05, 3.63) is 60.2 Å². The first-order valence-electron chi connectivity index (χ1n) is 4.60. The molecule has 82 valence electrons. The molecular weight excluding hydrogens is 246 g/mol. The molecule has 0 saturated carbocycles. The van der Waals surface area contributed by atoms with Crippen molar-refractivity contribution in [2.45, 2.75) is 9.79 Å². The molecule has 0 spiro atoms. The average Bonchev–Trinajstić information content (AvgIpc) is 2.27. The summed E-state index contributed by atoms with van der Waals surface area (Å²) in [5.74, 6) is -1.09. The minimum Gasteiger partial charge on any atom is -0.207 e. The highest BCUT2D eigenvalue weighted by molar-refractivity contribution is 8.76. The molecule has 0 nitrogen and oxygen atoms in total. The van der Waals surface area contributed by atoms with Crippen molar-refractivity contribution in [3.8, 4) is 0 Å². The molecular formula is C12H8F2S2. The third-order valence-corrected chi connectivity index (χ3v) is 4.19. The largest absolute Gasteiger partial charge is 0.207 e. The third-order valence-electron chi connectivity index (χ3n) is 1.81. The minimum atomic E-state index is -0.545. The van der Waals surface area contributed by atoms with Gasteiger partial charge >= 0.3 is 0 Å². The molecule has 0 bridgehead atoms. The molecule has 0 radical (unpaired) electrons. The van der Waals surface area contributed by atoms with Crippen LogP contribution in [0.25, 0.3) is 0 Å². The summed E-state index contributed by atoms with van der Waals surface area (Å²) in [6, 6.07) is 13.2. The number of hydrogen-bond donors (Lipinski definition) is 0. The Kier molecular flexibility index (Phi) is 3.85. The van der Waals surface area contributed by atoms with E-state index >= 15 is 0 Å². The Hall–Kier alpha value is -1.00. The van der Waals surface area contributed by atoms with Crippen LogP contribution in [0.3, 0.4) is 0 Å². The lowest BCUT2D eigenvalue weighted by molar-refractivity contribution is 0.577. The van der Waals surface area contributed by atoms with E-state index in [0.29, 0.717) is 4.90 Å². The Labute approximate surface area is 100 Å². The molecule has 0 N–H and O–H groups in total. The Bertz CT molecular complexity index is 451. The van der Waals surface area contributed by atoms with Crippen molar-refractivity contribution in [3.63, 3.8) is 0 Å². The van der Waals surface area contributed by atoms with E-state index < -0.39 is 11.6 Å². The Morgan fingerprint density at radius 3 is 1.88 bits per heavy atom. The van der Waals surface area contributed by atoms with Gasteiger partial charge in [0.2, 0.25) is 0 Å². The average molecular weight is 254 g/mol. The number of rotatable bonds is 3. The second-order valence-corrected chi connectivity index (χ2v) is 5.36. The summed E-state index contributed by atoms with van der Waals surface area (Å²) in [6.45, 7) is 0. The highest BCUT2D eigenvalue weighted by Crippen LogP contribution is 2.37. The van der Waals surface area contributed by atoms with Crippen LogP contribution in [0.1, 0.15) is 0 Å². The summed E-state index contributed by atoms with van der Waals surface area (Å²) in [6.07, 6.45) is 0. The predicted molar refractivity (Wildman–Crippen MR) is 64.5 cm³/mol. The lowest BCUT2D eigenvalue weighted by Gasteiger charge is -2.01. The topological polar surface area (TPSA) is 0 Å². The molecule has 0 aliphatic carbocycles. The van der Waals surface area contributed by atoms with E-state index in [4.69, 9.17) is 0 Å². The zero-order chi connectivity index (χ0) is 11.4. The summed E-state index contributed by atoms with van der Waals surface area (Å²) >= 11 is 0. The van der Waals surface area contributed by atoms with E-state index in [9.17, 15) is 8.78 Å². The van der Waals surface area contributed by atoms with Crippen molar-refractivity contribution < 1.29 is 8.78 Å². The molecule has 0 aliphatic heterocycles. The van der Waals surface area contributed by atoms with Crippen LogP contribution in [-0.2, 0) is 0 Å². The van der Waals surface area contributed by atoms with Gasteiger partial charge in [-0.25, -0.2) is 8.78 Å². The Balaban J connectivity index is 2.05. The molecule has 4 heteroatoms. The molecule has 0 heterocycles. The van der Waals surface area contributed by atoms with Crippen molar-refractivity contribution >= 4 is 21.6 Å². The van der Waals surface area contributed by atoms with E-state index in [1.807, 2.05) is 30.3 Å². The first kappa shape index (κ1) is 11.5. The van der Waals surface area contributed by atoms with Gasteiger partial charge < -0.3 is 0 Å². The van der Waals surface area contributed by atoms with E-state index in [2.05, 4.69) is 0 Å². The van der Waals surface area contributed by atoms with Crippen LogP contribution in [0.15, 0.2) is 58.3 Å². The monoisotopic (exact) mass is 254 g/mol. The highest BCUT2D eigenvalue weighted by atomic mass is 33.1. The fourth-order valence-corrected chi connectivity index (χ4v) is 3.13. The maximum absolute atomic E-state index is 12.9. The fraction of sp³-hybridized carbons (Fsp3) is 0. The summed E-state index contributed by atoms with van der Waals surface area (Å²) < 4.78 is 25.8. The molecule has 0 unspecified atom stereocenters. The van der Waals surface area contributed by atoms with Crippen molar-refractivity contribution in [1.82, 2.24) is 0 Å². The molecule has 0 atom stereocenters. The zero-order valence-corrected chi connectivity index (χ0v) is 9.82. The van der Waals surface area contributed by atoms with Gasteiger partial charge in [-0.2, -0.15) is 0 Å². The lowest BCUT2D eigenvalue weighted by atomic mass is 10.3. The van der Waals surface area contributed by atoms with E-state index in [0.717, 1.165) is 11.0 Å². The lowest BCUT2D eigenvalue weighted by Crippen LogP contribution is -1.79. The van der Waals surface area contributed by atoms with Crippen LogP contribution in [0.4, 0.5) is 8.78 Å². The molecule has 0 aromatic heterocycles. The van der Waals surface area contributed by atoms with Gasteiger partial charge in [-0.05, 0) is 24.3 Å². The second-order valence-electron chi connectivity index (χ2n) is 3.08. The van der Waals surface area contributed by atoms with E-state index in [-0.39, 0.29) is 0 Å². The van der Waals surface area contributed by atoms with Crippen LogP contribution in [-0.4, -0.2) is 0 Å². The summed E-state index contributed by atoms with van der Waals surface area (Å²) in [7, 11) is 2.81. The van der Waals surface area contributed by atoms with Crippen LogP contribution in [0.2, 0.25) is 0 Å². The summed E-state index contributed by atoms with van der Waals surface area (Å²) in [4.78, 5) is 1.63. The van der Waals surface area contributed by atoms with Gasteiger partial charge in [-0.3, -0.25) is 0 Å². The first-order valence-corrected chi connectivity index (χ1v) is 6.75. The quantitative estimate of drug-likeness (QED) is 0.724. The van der Waals surface area contributed by atoms with E-state index in [1.165, 1.54) is 33.7 Å². The minimum absolute atomic E-state index is 0.545. The number of benzene rings is 2. The normalized spacial score (nSPS) is 10.4. The third kappa shape index (κ3) is 3.25. The van der Waals surface area contributed by atoms with Crippen molar-refractivity contribution in [2.24, 2.45) is 0 Å². The molecule has 2 aromatic carbocycles. The fourth-order valence-electron chi connectivity index (χ4n) is 1.15. The molecule has 0 fully saturated rings. The van der Waals surface area contributed by atoms with Gasteiger partial charge in [-0.1, -0.05) is 39.8 Å². The van der Waals surface area contributed by atoms with Crippen molar-refractivity contribution in [1.29, 1.82) is 0 Å². The molecule has 0 saturated heterocycles. The summed E-state index contributed by atoms with van der Waals surface area (Å²) in [5.41, 5.74) is 0. The number of halogens is 2. The maximum Gasteiger partial charge on any atom is 0.127 e. The van der Waals surface area contributed by atoms with E-state index in [1.54, 1.807) is 0 Å². The molecule has 2 aromatic rings. The molecule has 16 heavy (non-hydrogen) atoms. The number of hydrogen-bond acceptors (Lipinski definition) is 2. The van der Waals surface area contributed by atoms with Gasteiger partial charge in [0.15, 0.2) is 0 Å². The van der Waals surface area contributed by atoms with Crippen LogP contribution in [0.5, 0.6) is 0 Å². The Morgan fingerprint density at radius 2 is 1.25 bits per heavy atom. The standard InChI is InChI=1S/C12H8F2S2/c13-9-6-10(14)8-12(7-9)16-15-11-4-2-1-3-5-11/h1-8H. The van der Waals surface area contributed by atoms with Gasteiger partial charge in [0.05, 0.1) is 0 Å². The van der Waals surface area contributed by atoms with Gasteiger partial charge in [-0.15, -0.1) is 0 Å². The maximum atomic E-state index is 12.9. The van der Waals surface area contributed by atoms with Gasteiger partial charge in [0.25, 0.3) is 0 Å². The SMILES string of the molecule is Fc1cc(F)cc(SSc2ccccc2)c1. The zero-order valence-electron chi connectivity index (χ0n) is 8.19. The van der Waals surface area contributed by atoms with Crippen LogP contribution in [0, 0.1) is 11.6 Å². The van der Waals surface area contributed by atoms with Crippen LogP contribution < -0.4 is 0 Å². The van der Waals surface area contributed by atoms with Gasteiger partial charge in [0, 0.05) is 15.9 Å². The van der Waals surface area contributed by atoms with Crippen molar-refractivity contribution in [2.75, 3.05) is 0 Å². The Morgan fingerprint density at radius 1 is 0.688 bits per heavy atom. The first-order chi connectivity index (χ1) is 7.74. The highest BCUT2D eigenvalue weighted by Gasteiger charge is 2.02. The predicted octanol–water partition coefficient (Wildman–Crippen LogP) is 4.76. The summed E-state index contributed by atoms with van der Waals surface area (Å²) in [5, 5.41) is 0. The molecule has 2 rings (SSSR count). The molecule has 0 aliphatic rings. The second kappa shape index (κ2) is 5.37. The van der Waals surface area contributed by atoms with Gasteiger partial charge in [0.1, 0.15) is 11.6 Å². The van der Waals surface area contributed by atoms with Crippen LogP contribution >= 0.6 is 21.6 Å². The smallest absolute Gasteiger partial charge is 0.127 e. The molecule has 0 amide bonds.